The van der Waals surface area contributed by atoms with Crippen molar-refractivity contribution in [2.24, 2.45) is 5.41 Å². The van der Waals surface area contributed by atoms with E-state index in [1.807, 2.05) is 6.07 Å². The fraction of sp³-hybridized carbons (Fsp3) is 0.625. The Morgan fingerprint density at radius 2 is 2.46 bits per heavy atom. The van der Waals surface area contributed by atoms with E-state index in [2.05, 4.69) is 26.0 Å². The van der Waals surface area contributed by atoms with Gasteiger partial charge in [0.2, 0.25) is 0 Å². The summed E-state index contributed by atoms with van der Waals surface area (Å²) in [6, 6.07) is 1.92. The van der Waals surface area contributed by atoms with Crippen molar-refractivity contribution >= 4 is 15.9 Å². The predicted molar refractivity (Wildman–Crippen MR) is 50.2 cm³/mol. The molecule has 1 aromatic heterocycles. The Bertz CT molecular complexity index is 347. The van der Waals surface area contributed by atoms with Crippen LogP contribution in [0.15, 0.2) is 6.33 Å². The van der Waals surface area contributed by atoms with Gasteiger partial charge in [0, 0.05) is 11.9 Å². The third-order valence-electron chi connectivity index (χ3n) is 2.37. The lowest BCUT2D eigenvalue weighted by Gasteiger charge is -2.09. The molecule has 0 saturated heterocycles. The third kappa shape index (κ3) is 1.73. The van der Waals surface area contributed by atoms with Crippen molar-refractivity contribution in [2.45, 2.75) is 19.4 Å². The zero-order chi connectivity index (χ0) is 9.31. The average Bonchev–Trinajstić information content (AvgIpc) is 2.77. The summed E-state index contributed by atoms with van der Waals surface area (Å²) in [4.78, 5) is 3.86. The van der Waals surface area contributed by atoms with Crippen LogP contribution in [0.1, 0.15) is 18.7 Å². The third-order valence-corrected chi connectivity index (χ3v) is 3.56. The molecule has 4 nitrogen and oxygen atoms in total. The van der Waals surface area contributed by atoms with E-state index >= 15 is 0 Å². The molecular weight excluding hydrogens is 232 g/mol. The number of hydrogen-bond donors (Lipinski definition) is 0. The van der Waals surface area contributed by atoms with Gasteiger partial charge < -0.3 is 0 Å². The Kier molecular flexibility index (Phi) is 2.08. The van der Waals surface area contributed by atoms with Crippen molar-refractivity contribution in [2.75, 3.05) is 5.33 Å². The molecule has 5 heteroatoms. The lowest BCUT2D eigenvalue weighted by atomic mass is 10.1. The van der Waals surface area contributed by atoms with Gasteiger partial charge in [-0.05, 0) is 18.3 Å². The lowest BCUT2D eigenvalue weighted by Crippen LogP contribution is -2.13. The summed E-state index contributed by atoms with van der Waals surface area (Å²) in [6.45, 7) is 0.868. The Morgan fingerprint density at radius 1 is 1.69 bits per heavy atom. The van der Waals surface area contributed by atoms with Gasteiger partial charge >= 0.3 is 0 Å². The fourth-order valence-electron chi connectivity index (χ4n) is 1.28. The summed E-state index contributed by atoms with van der Waals surface area (Å²) in [7, 11) is 0. The van der Waals surface area contributed by atoms with Gasteiger partial charge in [0.15, 0.2) is 0 Å². The van der Waals surface area contributed by atoms with Crippen LogP contribution in [0.5, 0.6) is 0 Å². The van der Waals surface area contributed by atoms with Crippen LogP contribution in [-0.4, -0.2) is 20.1 Å². The van der Waals surface area contributed by atoms with Gasteiger partial charge in [-0.3, -0.25) is 4.68 Å². The van der Waals surface area contributed by atoms with Crippen LogP contribution in [0.3, 0.4) is 0 Å². The van der Waals surface area contributed by atoms with Gasteiger partial charge in [-0.1, -0.05) is 15.9 Å². The highest BCUT2D eigenvalue weighted by Crippen LogP contribution is 2.48. The molecule has 0 bridgehead atoms. The Balaban J connectivity index is 2.06. The Hall–Kier alpha value is -0.890. The van der Waals surface area contributed by atoms with E-state index in [0.717, 1.165) is 11.9 Å². The first kappa shape index (κ1) is 8.70. The molecule has 0 aromatic carbocycles. The molecule has 0 unspecified atom stereocenters. The van der Waals surface area contributed by atoms with Gasteiger partial charge in [0.1, 0.15) is 12.4 Å². The fourth-order valence-corrected chi connectivity index (χ4v) is 2.01. The van der Waals surface area contributed by atoms with Crippen LogP contribution in [0.2, 0.25) is 0 Å². The van der Waals surface area contributed by atoms with Crippen molar-refractivity contribution in [3.63, 3.8) is 0 Å². The maximum atomic E-state index is 8.52. The maximum Gasteiger partial charge on any atom is 0.252 e. The smallest absolute Gasteiger partial charge is 0.251 e. The molecule has 1 saturated carbocycles. The standard InChI is InChI=1S/C8H9BrN4/c9-4-8(1-2-8)5-13-6-11-7(3-10)12-13/h6H,1-2,4-5H2. The number of hydrogen-bond acceptors (Lipinski definition) is 3. The van der Waals surface area contributed by atoms with Gasteiger partial charge in [-0.2, -0.15) is 5.26 Å². The number of alkyl halides is 1. The number of halogens is 1. The van der Waals surface area contributed by atoms with Crippen molar-refractivity contribution in [3.05, 3.63) is 12.2 Å². The first-order valence-electron chi connectivity index (χ1n) is 4.13. The van der Waals surface area contributed by atoms with E-state index in [4.69, 9.17) is 5.26 Å². The molecule has 0 radical (unpaired) electrons. The van der Waals surface area contributed by atoms with Crippen LogP contribution in [-0.2, 0) is 6.54 Å². The van der Waals surface area contributed by atoms with E-state index in [1.165, 1.54) is 12.8 Å². The second kappa shape index (κ2) is 3.11. The highest BCUT2D eigenvalue weighted by atomic mass is 79.9. The summed E-state index contributed by atoms with van der Waals surface area (Å²) in [6.07, 6.45) is 4.10. The molecule has 1 fully saturated rings. The number of rotatable bonds is 3. The molecule has 1 aliphatic carbocycles. The molecule has 2 rings (SSSR count). The molecule has 0 N–H and O–H groups in total. The number of nitrogens with zero attached hydrogens (tertiary/aromatic N) is 4. The first-order chi connectivity index (χ1) is 6.28. The maximum absolute atomic E-state index is 8.52. The van der Waals surface area contributed by atoms with E-state index in [9.17, 15) is 0 Å². The summed E-state index contributed by atoms with van der Waals surface area (Å²) in [5, 5.41) is 13.6. The van der Waals surface area contributed by atoms with E-state index in [-0.39, 0.29) is 5.82 Å². The monoisotopic (exact) mass is 240 g/mol. The average molecular weight is 241 g/mol. The van der Waals surface area contributed by atoms with Gasteiger partial charge in [0.25, 0.3) is 5.82 Å². The second-order valence-corrected chi connectivity index (χ2v) is 4.07. The van der Waals surface area contributed by atoms with E-state index in [0.29, 0.717) is 5.41 Å². The molecular formula is C8H9BrN4. The molecule has 1 heterocycles. The SMILES string of the molecule is N#Cc1ncn(CC2(CBr)CC2)n1. The molecule has 13 heavy (non-hydrogen) atoms. The normalized spacial score (nSPS) is 18.2. The van der Waals surface area contributed by atoms with Gasteiger partial charge in [-0.25, -0.2) is 4.98 Å². The van der Waals surface area contributed by atoms with Gasteiger partial charge in [0.05, 0.1) is 0 Å². The minimum absolute atomic E-state index is 0.255. The molecule has 0 amide bonds. The molecule has 0 aliphatic heterocycles. The first-order valence-corrected chi connectivity index (χ1v) is 5.26. The highest BCUT2D eigenvalue weighted by molar-refractivity contribution is 9.09. The van der Waals surface area contributed by atoms with E-state index in [1.54, 1.807) is 11.0 Å². The molecule has 1 aromatic rings. The predicted octanol–water partition coefficient (Wildman–Crippen LogP) is 1.32. The Labute approximate surface area is 84.7 Å². The van der Waals surface area contributed by atoms with E-state index < -0.39 is 0 Å². The summed E-state index contributed by atoms with van der Waals surface area (Å²) >= 11 is 3.49. The molecule has 0 atom stereocenters. The molecule has 0 spiro atoms. The summed E-state index contributed by atoms with van der Waals surface area (Å²) in [5.74, 6) is 0.255. The quantitative estimate of drug-likeness (QED) is 0.750. The number of nitriles is 1. The van der Waals surface area contributed by atoms with Crippen LogP contribution in [0.25, 0.3) is 0 Å². The van der Waals surface area contributed by atoms with Gasteiger partial charge in [-0.15, -0.1) is 5.10 Å². The van der Waals surface area contributed by atoms with Crippen LogP contribution in [0.4, 0.5) is 0 Å². The number of aromatic nitrogens is 3. The van der Waals surface area contributed by atoms with Crippen molar-refractivity contribution < 1.29 is 0 Å². The lowest BCUT2D eigenvalue weighted by molar-refractivity contribution is 0.440. The van der Waals surface area contributed by atoms with Crippen molar-refractivity contribution in [1.29, 1.82) is 5.26 Å². The zero-order valence-corrected chi connectivity index (χ0v) is 8.66. The summed E-state index contributed by atoms with van der Waals surface area (Å²) < 4.78 is 1.76. The minimum Gasteiger partial charge on any atom is -0.251 e. The minimum atomic E-state index is 0.255. The highest BCUT2D eigenvalue weighted by Gasteiger charge is 2.42. The van der Waals surface area contributed by atoms with Crippen LogP contribution in [0, 0.1) is 16.7 Å². The van der Waals surface area contributed by atoms with Crippen LogP contribution >= 0.6 is 15.9 Å². The second-order valence-electron chi connectivity index (χ2n) is 3.51. The topological polar surface area (TPSA) is 54.5 Å². The van der Waals surface area contributed by atoms with Crippen molar-refractivity contribution in [1.82, 2.24) is 14.8 Å². The molecule has 1 aliphatic rings. The summed E-state index contributed by atoms with van der Waals surface area (Å²) in [5.41, 5.74) is 0.375. The van der Waals surface area contributed by atoms with Crippen molar-refractivity contribution in [3.8, 4) is 6.07 Å². The largest absolute Gasteiger partial charge is 0.252 e. The molecule has 68 valence electrons. The van der Waals surface area contributed by atoms with Crippen LogP contribution < -0.4 is 0 Å². The zero-order valence-electron chi connectivity index (χ0n) is 7.07. The Morgan fingerprint density at radius 3 is 2.92 bits per heavy atom.